The highest BCUT2D eigenvalue weighted by Gasteiger charge is 2.74. The van der Waals surface area contributed by atoms with Crippen molar-refractivity contribution in [1.82, 2.24) is 25.1 Å². The van der Waals surface area contributed by atoms with E-state index in [4.69, 9.17) is 15.2 Å². The zero-order chi connectivity index (χ0) is 42.8. The van der Waals surface area contributed by atoms with Crippen LogP contribution in [0.5, 0.6) is 5.75 Å². The largest absolute Gasteiger partial charge is 0.491 e. The van der Waals surface area contributed by atoms with E-state index in [0.29, 0.717) is 47.2 Å². The third kappa shape index (κ3) is 7.02. The van der Waals surface area contributed by atoms with Crippen molar-refractivity contribution in [2.24, 2.45) is 11.7 Å². The smallest absolute Gasteiger partial charge is 0.324 e. The number of piperazine rings is 1. The number of nitrogens with two attached hydrogens (primary N) is 1. The number of urea groups is 1. The number of nitrogens with zero attached hydrogens (tertiary/aromatic N) is 5. The van der Waals surface area contributed by atoms with Gasteiger partial charge in [-0.1, -0.05) is 90.7 Å². The lowest BCUT2D eigenvalue weighted by Crippen LogP contribution is -2.58. The first-order chi connectivity index (χ1) is 30.3. The fourth-order valence-corrected chi connectivity index (χ4v) is 9.67. The van der Waals surface area contributed by atoms with E-state index in [2.05, 4.69) is 32.4 Å². The van der Waals surface area contributed by atoms with Crippen molar-refractivity contribution in [3.05, 3.63) is 149 Å². The van der Waals surface area contributed by atoms with Crippen LogP contribution in [-0.4, -0.2) is 101 Å². The Morgan fingerprint density at radius 3 is 2.29 bits per heavy atom. The fourth-order valence-electron chi connectivity index (χ4n) is 9.67. The molecule has 3 fully saturated rings. The molecule has 6 unspecified atom stereocenters. The molecule has 9 rings (SSSR count). The highest BCUT2D eigenvalue weighted by molar-refractivity contribution is 6.12. The van der Waals surface area contributed by atoms with Gasteiger partial charge in [-0.2, -0.15) is 0 Å². The maximum Gasteiger partial charge on any atom is 0.324 e. The molecule has 5 heterocycles. The zero-order valence-electron chi connectivity index (χ0n) is 33.6. The van der Waals surface area contributed by atoms with Crippen molar-refractivity contribution in [3.8, 4) is 17.6 Å². The second-order valence-corrected chi connectivity index (χ2v) is 15.5. The predicted octanol–water partition coefficient (Wildman–Crippen LogP) is 3.49. The van der Waals surface area contributed by atoms with E-state index >= 15 is 14.4 Å². The van der Waals surface area contributed by atoms with E-state index in [0.717, 1.165) is 11.1 Å². The molecule has 4 aromatic carbocycles. The molecule has 1 aromatic heterocycles. The van der Waals surface area contributed by atoms with Gasteiger partial charge in [0, 0.05) is 55.4 Å². The lowest BCUT2D eigenvalue weighted by atomic mass is 9.64. The van der Waals surface area contributed by atoms with Gasteiger partial charge in [0.15, 0.2) is 0 Å². The number of benzene rings is 4. The summed E-state index contributed by atoms with van der Waals surface area (Å²) >= 11 is 0. The van der Waals surface area contributed by atoms with Crippen molar-refractivity contribution < 1.29 is 33.8 Å². The molecular weight excluding hydrogens is 789 g/mol. The maximum atomic E-state index is 15.9. The minimum Gasteiger partial charge on any atom is -0.491 e. The minimum absolute atomic E-state index is 0.0185. The summed E-state index contributed by atoms with van der Waals surface area (Å²) in [5.41, 5.74) is 7.02. The van der Waals surface area contributed by atoms with Crippen molar-refractivity contribution in [1.29, 1.82) is 0 Å². The molecule has 0 saturated carbocycles. The van der Waals surface area contributed by atoms with Gasteiger partial charge in [0.05, 0.1) is 31.2 Å². The van der Waals surface area contributed by atoms with Crippen molar-refractivity contribution in [3.63, 3.8) is 0 Å². The van der Waals surface area contributed by atoms with Crippen LogP contribution in [0.15, 0.2) is 122 Å². The molecule has 4 amide bonds. The first kappa shape index (κ1) is 40.1. The van der Waals surface area contributed by atoms with Gasteiger partial charge in [-0.15, -0.1) is 0 Å². The average Bonchev–Trinajstić information content (AvgIpc) is 3.78. The number of esters is 1. The number of cyclic esters (lactones) is 1. The van der Waals surface area contributed by atoms with Crippen LogP contribution in [0.4, 0.5) is 16.4 Å². The molecular formula is C47H44N8O7. The molecule has 5 aromatic rings. The molecule has 5 N–H and O–H groups in total. The number of hydrogen-bond acceptors (Lipinski definition) is 11. The van der Waals surface area contributed by atoms with E-state index in [9.17, 15) is 9.90 Å². The number of carbonyl (C=O) groups is 4. The molecule has 0 aliphatic carbocycles. The van der Waals surface area contributed by atoms with Crippen molar-refractivity contribution in [2.45, 2.75) is 29.6 Å². The Morgan fingerprint density at radius 1 is 0.887 bits per heavy atom. The van der Waals surface area contributed by atoms with Crippen molar-refractivity contribution in [2.75, 3.05) is 56.2 Å². The molecule has 4 aliphatic rings. The normalized spacial score (nSPS) is 24.0. The summed E-state index contributed by atoms with van der Waals surface area (Å²) in [6.45, 7) is 1.04. The molecule has 4 aliphatic heterocycles. The number of aromatic nitrogens is 2. The predicted molar refractivity (Wildman–Crippen MR) is 227 cm³/mol. The van der Waals surface area contributed by atoms with Crippen LogP contribution < -0.4 is 26.0 Å². The number of aliphatic hydroxyl groups is 1. The van der Waals surface area contributed by atoms with Gasteiger partial charge in [-0.3, -0.25) is 19.3 Å². The summed E-state index contributed by atoms with van der Waals surface area (Å²) in [5, 5.41) is 15.6. The van der Waals surface area contributed by atoms with Gasteiger partial charge in [-0.25, -0.2) is 14.8 Å². The SMILES string of the molecule is NC(=O)NCC#Cc1ccc2c(c1)C1(C(=O)N2)C(C(=O)N2CCN(c3ncccn3)CC2)C2C(=O)OC(c3ccccc3)C(c3ccccc3)N2C1c1ccccc1OCCO. The number of morpholine rings is 1. The van der Waals surface area contributed by atoms with Crippen LogP contribution in [0.25, 0.3) is 0 Å². The van der Waals surface area contributed by atoms with Gasteiger partial charge in [0.25, 0.3) is 0 Å². The number of hydrogen-bond donors (Lipinski definition) is 4. The lowest BCUT2D eigenvalue weighted by molar-refractivity contribution is -0.179. The highest BCUT2D eigenvalue weighted by Crippen LogP contribution is 2.66. The summed E-state index contributed by atoms with van der Waals surface area (Å²) in [7, 11) is 0. The Bertz CT molecular complexity index is 2550. The Hall–Kier alpha value is -7.28. The van der Waals surface area contributed by atoms with Crippen LogP contribution in [-0.2, 0) is 24.5 Å². The number of fused-ring (bicyclic) bond motifs is 3. The number of anilines is 2. The van der Waals surface area contributed by atoms with Crippen LogP contribution in [0.2, 0.25) is 0 Å². The number of primary amides is 1. The van der Waals surface area contributed by atoms with Crippen LogP contribution in [0, 0.1) is 17.8 Å². The van der Waals surface area contributed by atoms with Gasteiger partial charge in [0.1, 0.15) is 29.9 Å². The zero-order valence-corrected chi connectivity index (χ0v) is 33.6. The average molecular weight is 833 g/mol. The lowest BCUT2D eigenvalue weighted by Gasteiger charge is -2.46. The summed E-state index contributed by atoms with van der Waals surface area (Å²) in [4.78, 5) is 72.7. The van der Waals surface area contributed by atoms with Gasteiger partial charge in [-0.05, 0) is 47.0 Å². The second-order valence-electron chi connectivity index (χ2n) is 15.5. The number of aliphatic hydroxyl groups excluding tert-OH is 1. The molecule has 0 radical (unpaired) electrons. The molecule has 15 heteroatoms. The Morgan fingerprint density at radius 2 is 1.58 bits per heavy atom. The van der Waals surface area contributed by atoms with Crippen LogP contribution >= 0.6 is 0 Å². The second kappa shape index (κ2) is 17.0. The summed E-state index contributed by atoms with van der Waals surface area (Å²) < 4.78 is 12.8. The van der Waals surface area contributed by atoms with E-state index in [1.54, 1.807) is 53.7 Å². The Kier molecular flexibility index (Phi) is 11.0. The topological polar surface area (TPSA) is 193 Å². The third-order valence-electron chi connectivity index (χ3n) is 12.1. The molecule has 3 saturated heterocycles. The monoisotopic (exact) mass is 832 g/mol. The van der Waals surface area contributed by atoms with Gasteiger partial charge >= 0.3 is 12.0 Å². The number of rotatable bonds is 9. The first-order valence-corrected chi connectivity index (χ1v) is 20.5. The van der Waals surface area contributed by atoms with E-state index in [-0.39, 0.29) is 32.8 Å². The number of para-hydroxylation sites is 1. The number of ether oxygens (including phenoxy) is 2. The Balaban J connectivity index is 1.29. The number of amides is 4. The molecule has 15 nitrogen and oxygen atoms in total. The first-order valence-electron chi connectivity index (χ1n) is 20.5. The highest BCUT2D eigenvalue weighted by atomic mass is 16.6. The molecule has 62 heavy (non-hydrogen) atoms. The Labute approximate surface area is 357 Å². The van der Waals surface area contributed by atoms with E-state index < -0.39 is 59.4 Å². The summed E-state index contributed by atoms with van der Waals surface area (Å²) in [6, 6.07) is 29.7. The molecule has 0 bridgehead atoms. The number of carbonyl (C=O) groups excluding carboxylic acids is 4. The quantitative estimate of drug-likeness (QED) is 0.126. The summed E-state index contributed by atoms with van der Waals surface area (Å²) in [5.74, 6) is 4.08. The number of nitrogens with one attached hydrogen (secondary N) is 2. The van der Waals surface area contributed by atoms with E-state index in [1.165, 1.54) is 0 Å². The fraction of sp³-hybridized carbons (Fsp3) is 0.277. The molecule has 1 spiro atoms. The maximum absolute atomic E-state index is 15.9. The van der Waals surface area contributed by atoms with Crippen molar-refractivity contribution >= 4 is 35.5 Å². The minimum atomic E-state index is -1.78. The third-order valence-corrected chi connectivity index (χ3v) is 12.1. The molecule has 6 atom stereocenters. The molecule has 314 valence electrons. The van der Waals surface area contributed by atoms with Gasteiger partial charge < -0.3 is 40.7 Å². The van der Waals surface area contributed by atoms with Crippen LogP contribution in [0.1, 0.15) is 46.0 Å². The summed E-state index contributed by atoms with van der Waals surface area (Å²) in [6.07, 6.45) is 2.49. The standard InChI is InChI=1S/C47H44N8O7/c48-45(60)49-20-9-11-30-18-19-35-34(29-30)47(44(59)52-35)37(42(57)53-23-25-54(26-24-53)46-50-21-10-22-51-46)39-43(58)62-40(32-14-5-2-6-15-32)38(31-12-3-1-4-13-31)55(39)41(47)33-16-7-8-17-36(33)61-28-27-56/h1-8,10,12-19,21-22,29,37-41,56H,20,23-28H2,(H,52,59)(H3,48,49,60). The van der Waals surface area contributed by atoms with E-state index in [1.807, 2.05) is 82.6 Å². The van der Waals surface area contributed by atoms with Gasteiger partial charge in [0.2, 0.25) is 17.8 Å². The van der Waals surface area contributed by atoms with Crippen LogP contribution in [0.3, 0.4) is 0 Å².